The van der Waals surface area contributed by atoms with Gasteiger partial charge in [-0.25, -0.2) is 0 Å². The molecule has 150 valence electrons. The first-order chi connectivity index (χ1) is 13.1. The summed E-state index contributed by atoms with van der Waals surface area (Å²) >= 11 is 0. The Hall–Kier alpha value is -1.02. The summed E-state index contributed by atoms with van der Waals surface area (Å²) in [5.41, 5.74) is 9.85. The van der Waals surface area contributed by atoms with E-state index in [-0.39, 0.29) is 5.54 Å². The van der Waals surface area contributed by atoms with E-state index in [0.717, 1.165) is 11.7 Å². The van der Waals surface area contributed by atoms with Gasteiger partial charge >= 0.3 is 0 Å². The van der Waals surface area contributed by atoms with Crippen molar-refractivity contribution in [3.8, 4) is 5.75 Å². The minimum atomic E-state index is 0.103. The fourth-order valence-corrected chi connectivity index (χ4v) is 5.62. The molecule has 2 fully saturated rings. The Morgan fingerprint density at radius 2 is 2.00 bits per heavy atom. The normalized spacial score (nSPS) is 30.6. The molecule has 0 spiro atoms. The van der Waals surface area contributed by atoms with Crippen molar-refractivity contribution >= 4 is 0 Å². The predicted molar refractivity (Wildman–Crippen MR) is 113 cm³/mol. The van der Waals surface area contributed by atoms with Crippen LogP contribution in [0.2, 0.25) is 0 Å². The largest absolute Gasteiger partial charge is 0.490 e. The van der Waals surface area contributed by atoms with E-state index in [1.807, 2.05) is 0 Å². The fourth-order valence-electron chi connectivity index (χ4n) is 5.62. The van der Waals surface area contributed by atoms with Gasteiger partial charge < -0.3 is 10.5 Å². The Kier molecular flexibility index (Phi) is 6.12. The zero-order chi connectivity index (χ0) is 18.7. The van der Waals surface area contributed by atoms with Crippen molar-refractivity contribution in [1.82, 2.24) is 0 Å². The van der Waals surface area contributed by atoms with E-state index in [1.54, 1.807) is 0 Å². The molecule has 1 aromatic carbocycles. The SMILES string of the molecule is CCCCCCC1CCc2cc(C3CCC(N)(CC4CCC4)C3)ccc2O1. The number of fused-ring (bicyclic) bond motifs is 1. The molecule has 0 bridgehead atoms. The summed E-state index contributed by atoms with van der Waals surface area (Å²) in [6.07, 6.45) is 18.5. The summed E-state index contributed by atoms with van der Waals surface area (Å²) in [6.45, 7) is 2.28. The molecule has 0 radical (unpaired) electrons. The highest BCUT2D eigenvalue weighted by molar-refractivity contribution is 5.40. The molecular formula is C25H39NO. The lowest BCUT2D eigenvalue weighted by Crippen LogP contribution is -2.40. The first-order valence-corrected chi connectivity index (χ1v) is 11.7. The van der Waals surface area contributed by atoms with Crippen LogP contribution in [0.1, 0.15) is 107 Å². The van der Waals surface area contributed by atoms with Crippen molar-refractivity contribution in [2.24, 2.45) is 11.7 Å². The van der Waals surface area contributed by atoms with Gasteiger partial charge in [-0.2, -0.15) is 0 Å². The third-order valence-electron chi connectivity index (χ3n) is 7.53. The van der Waals surface area contributed by atoms with Crippen LogP contribution >= 0.6 is 0 Å². The van der Waals surface area contributed by atoms with Gasteiger partial charge in [-0.15, -0.1) is 0 Å². The van der Waals surface area contributed by atoms with Crippen LogP contribution in [0.25, 0.3) is 0 Å². The number of hydrogen-bond acceptors (Lipinski definition) is 2. The summed E-state index contributed by atoms with van der Waals surface area (Å²) in [5, 5.41) is 0. The van der Waals surface area contributed by atoms with Crippen molar-refractivity contribution in [2.75, 3.05) is 0 Å². The number of unbranched alkanes of at least 4 members (excludes halogenated alkanes) is 3. The second kappa shape index (κ2) is 8.55. The molecule has 2 heteroatoms. The van der Waals surface area contributed by atoms with Crippen molar-refractivity contribution in [3.05, 3.63) is 29.3 Å². The van der Waals surface area contributed by atoms with Gasteiger partial charge in [-0.05, 0) is 80.4 Å². The second-order valence-electron chi connectivity index (χ2n) is 9.80. The van der Waals surface area contributed by atoms with Gasteiger partial charge in [0, 0.05) is 5.54 Å². The summed E-state index contributed by atoms with van der Waals surface area (Å²) in [4.78, 5) is 0. The molecule has 0 amide bonds. The third-order valence-corrected chi connectivity index (χ3v) is 7.53. The predicted octanol–water partition coefficient (Wildman–Crippen LogP) is 6.51. The van der Waals surface area contributed by atoms with E-state index >= 15 is 0 Å². The number of benzene rings is 1. The number of rotatable bonds is 8. The number of hydrogen-bond donors (Lipinski definition) is 1. The monoisotopic (exact) mass is 369 g/mol. The second-order valence-corrected chi connectivity index (χ2v) is 9.80. The first kappa shape index (κ1) is 19.3. The van der Waals surface area contributed by atoms with E-state index in [4.69, 9.17) is 10.5 Å². The molecule has 2 saturated carbocycles. The minimum absolute atomic E-state index is 0.103. The van der Waals surface area contributed by atoms with Gasteiger partial charge in [0.1, 0.15) is 5.75 Å². The molecule has 1 aliphatic heterocycles. The molecule has 1 heterocycles. The van der Waals surface area contributed by atoms with Crippen LogP contribution in [0.4, 0.5) is 0 Å². The van der Waals surface area contributed by atoms with Crippen LogP contribution in [0, 0.1) is 5.92 Å². The number of aryl methyl sites for hydroxylation is 1. The highest BCUT2D eigenvalue weighted by Crippen LogP contribution is 2.46. The summed E-state index contributed by atoms with van der Waals surface area (Å²) in [7, 11) is 0. The highest BCUT2D eigenvalue weighted by atomic mass is 16.5. The van der Waals surface area contributed by atoms with Crippen LogP contribution in [-0.2, 0) is 6.42 Å². The molecule has 0 aromatic heterocycles. The highest BCUT2D eigenvalue weighted by Gasteiger charge is 2.39. The van der Waals surface area contributed by atoms with Crippen molar-refractivity contribution in [3.63, 3.8) is 0 Å². The van der Waals surface area contributed by atoms with E-state index < -0.39 is 0 Å². The average Bonchev–Trinajstić information content (AvgIpc) is 3.04. The Morgan fingerprint density at radius 1 is 1.11 bits per heavy atom. The Balaban J connectivity index is 1.32. The maximum atomic E-state index is 6.80. The van der Waals surface area contributed by atoms with Gasteiger partial charge in [0.25, 0.3) is 0 Å². The number of ether oxygens (including phenoxy) is 1. The standard InChI is InChI=1S/C25H39NO/c1-2-3-4-5-9-23-12-10-21-16-20(11-13-24(21)27-23)22-14-15-25(26,18-22)17-19-7-6-8-19/h11,13,16,19,22-23H,2-10,12,14-15,17-18,26H2,1H3. The zero-order valence-corrected chi connectivity index (χ0v) is 17.3. The Morgan fingerprint density at radius 3 is 2.78 bits per heavy atom. The lowest BCUT2D eigenvalue weighted by atomic mass is 9.75. The van der Waals surface area contributed by atoms with Gasteiger partial charge in [-0.3, -0.25) is 0 Å². The Bertz CT molecular complexity index is 623. The van der Waals surface area contributed by atoms with Crippen LogP contribution in [0.3, 0.4) is 0 Å². The lowest BCUT2D eigenvalue weighted by Gasteiger charge is -2.34. The quantitative estimate of drug-likeness (QED) is 0.530. The van der Waals surface area contributed by atoms with Crippen LogP contribution in [0.15, 0.2) is 18.2 Å². The third kappa shape index (κ3) is 4.70. The van der Waals surface area contributed by atoms with Crippen molar-refractivity contribution in [2.45, 2.75) is 114 Å². The fraction of sp³-hybridized carbons (Fsp3) is 0.760. The van der Waals surface area contributed by atoms with Crippen molar-refractivity contribution in [1.29, 1.82) is 0 Å². The first-order valence-electron chi connectivity index (χ1n) is 11.7. The number of nitrogens with two attached hydrogens (primary N) is 1. The van der Waals surface area contributed by atoms with Gasteiger partial charge in [0.15, 0.2) is 0 Å². The van der Waals surface area contributed by atoms with Crippen molar-refractivity contribution < 1.29 is 4.74 Å². The molecule has 2 N–H and O–H groups in total. The van der Waals surface area contributed by atoms with Crippen LogP contribution in [-0.4, -0.2) is 11.6 Å². The topological polar surface area (TPSA) is 35.2 Å². The van der Waals surface area contributed by atoms with E-state index in [9.17, 15) is 0 Å². The minimum Gasteiger partial charge on any atom is -0.490 e. The van der Waals surface area contributed by atoms with Crippen LogP contribution < -0.4 is 10.5 Å². The van der Waals surface area contributed by atoms with E-state index in [1.165, 1.54) is 101 Å². The smallest absolute Gasteiger partial charge is 0.122 e. The maximum Gasteiger partial charge on any atom is 0.122 e. The lowest BCUT2D eigenvalue weighted by molar-refractivity contribution is 0.160. The molecule has 2 aliphatic carbocycles. The molecule has 1 aromatic rings. The van der Waals surface area contributed by atoms with Gasteiger partial charge in [-0.1, -0.05) is 57.6 Å². The van der Waals surface area contributed by atoms with Gasteiger partial charge in [0.05, 0.1) is 6.10 Å². The maximum absolute atomic E-state index is 6.80. The molecule has 27 heavy (non-hydrogen) atoms. The zero-order valence-electron chi connectivity index (χ0n) is 17.3. The van der Waals surface area contributed by atoms with E-state index in [2.05, 4.69) is 25.1 Å². The molecule has 3 atom stereocenters. The van der Waals surface area contributed by atoms with E-state index in [0.29, 0.717) is 12.0 Å². The summed E-state index contributed by atoms with van der Waals surface area (Å²) < 4.78 is 6.32. The summed E-state index contributed by atoms with van der Waals surface area (Å²) in [6, 6.07) is 7.03. The average molecular weight is 370 g/mol. The molecule has 0 saturated heterocycles. The van der Waals surface area contributed by atoms with Gasteiger partial charge in [0.2, 0.25) is 0 Å². The molecule has 4 rings (SSSR count). The molecule has 2 nitrogen and oxygen atoms in total. The molecule has 3 aliphatic rings. The molecular weight excluding hydrogens is 330 g/mol. The van der Waals surface area contributed by atoms with Crippen LogP contribution in [0.5, 0.6) is 5.75 Å². The molecule has 3 unspecified atom stereocenters. The summed E-state index contributed by atoms with van der Waals surface area (Å²) in [5.74, 6) is 2.73. The Labute approximate surface area is 166 Å².